The van der Waals surface area contributed by atoms with Crippen molar-refractivity contribution in [3.8, 4) is 17.2 Å². The molecule has 0 aliphatic rings. The molecule has 0 unspecified atom stereocenters. The van der Waals surface area contributed by atoms with Crippen LogP contribution in [0.5, 0.6) is 0 Å². The van der Waals surface area contributed by atoms with Gasteiger partial charge >= 0.3 is 5.97 Å². The lowest BCUT2D eigenvalue weighted by atomic mass is 9.97. The molecule has 0 bridgehead atoms. The SMILES string of the molecule is Cc1cccc2c(-c3c(C)n(CC(=O)O)c4ccc(C#N)cc34)ccnc12. The summed E-state index contributed by atoms with van der Waals surface area (Å²) >= 11 is 0. The third-order valence-corrected chi connectivity index (χ3v) is 4.99. The van der Waals surface area contributed by atoms with E-state index in [9.17, 15) is 15.2 Å². The highest BCUT2D eigenvalue weighted by Crippen LogP contribution is 2.38. The van der Waals surface area contributed by atoms with Gasteiger partial charge in [-0.1, -0.05) is 18.2 Å². The summed E-state index contributed by atoms with van der Waals surface area (Å²) in [7, 11) is 0. The van der Waals surface area contributed by atoms with Crippen molar-refractivity contribution < 1.29 is 9.90 Å². The van der Waals surface area contributed by atoms with Crippen molar-refractivity contribution in [1.29, 1.82) is 5.26 Å². The Morgan fingerprint density at radius 2 is 2.00 bits per heavy atom. The molecule has 0 spiro atoms. The van der Waals surface area contributed by atoms with Gasteiger partial charge in [-0.05, 0) is 49.2 Å². The van der Waals surface area contributed by atoms with E-state index in [1.165, 1.54) is 0 Å². The van der Waals surface area contributed by atoms with E-state index in [4.69, 9.17) is 0 Å². The highest BCUT2D eigenvalue weighted by atomic mass is 16.4. The molecule has 0 aliphatic heterocycles. The molecule has 4 aromatic rings. The van der Waals surface area contributed by atoms with Crippen molar-refractivity contribution >= 4 is 27.8 Å². The maximum absolute atomic E-state index is 11.4. The van der Waals surface area contributed by atoms with E-state index in [2.05, 4.69) is 11.1 Å². The van der Waals surface area contributed by atoms with Gasteiger partial charge in [-0.2, -0.15) is 5.26 Å². The van der Waals surface area contributed by atoms with E-state index >= 15 is 0 Å². The first-order valence-corrected chi connectivity index (χ1v) is 8.60. The largest absolute Gasteiger partial charge is 0.480 e. The Morgan fingerprint density at radius 3 is 2.74 bits per heavy atom. The zero-order chi connectivity index (χ0) is 19.1. The lowest BCUT2D eigenvalue weighted by Gasteiger charge is -2.09. The number of aromatic nitrogens is 2. The molecule has 27 heavy (non-hydrogen) atoms. The summed E-state index contributed by atoms with van der Waals surface area (Å²) in [6.45, 7) is 3.82. The molecule has 0 fully saturated rings. The highest BCUT2D eigenvalue weighted by Gasteiger charge is 2.19. The number of aliphatic carboxylic acids is 1. The van der Waals surface area contributed by atoms with Gasteiger partial charge < -0.3 is 9.67 Å². The minimum atomic E-state index is -0.902. The number of hydrogen-bond acceptors (Lipinski definition) is 3. The lowest BCUT2D eigenvalue weighted by molar-refractivity contribution is -0.137. The quantitative estimate of drug-likeness (QED) is 0.590. The average Bonchev–Trinajstić information content (AvgIpc) is 2.92. The van der Waals surface area contributed by atoms with E-state index in [1.807, 2.05) is 50.2 Å². The van der Waals surface area contributed by atoms with Crippen LogP contribution in [-0.2, 0) is 11.3 Å². The number of carbonyl (C=O) groups is 1. The second-order valence-electron chi connectivity index (χ2n) is 6.61. The molecule has 4 rings (SSSR count). The van der Waals surface area contributed by atoms with Crippen LogP contribution in [0.2, 0.25) is 0 Å². The van der Waals surface area contributed by atoms with Gasteiger partial charge in [0.2, 0.25) is 0 Å². The predicted octanol–water partition coefficient (Wildman–Crippen LogP) is 4.43. The van der Waals surface area contributed by atoms with Crippen LogP contribution in [0.4, 0.5) is 0 Å². The number of benzene rings is 2. The highest BCUT2D eigenvalue weighted by molar-refractivity contribution is 6.06. The summed E-state index contributed by atoms with van der Waals surface area (Å²) in [4.78, 5) is 15.9. The van der Waals surface area contributed by atoms with Crippen LogP contribution in [0.3, 0.4) is 0 Å². The van der Waals surface area contributed by atoms with Gasteiger partial charge in [0.25, 0.3) is 0 Å². The predicted molar refractivity (Wildman–Crippen MR) is 104 cm³/mol. The van der Waals surface area contributed by atoms with Gasteiger partial charge in [0.1, 0.15) is 6.54 Å². The molecule has 2 aromatic heterocycles. The molecule has 132 valence electrons. The average molecular weight is 355 g/mol. The maximum Gasteiger partial charge on any atom is 0.323 e. The van der Waals surface area contributed by atoms with Gasteiger partial charge in [0.05, 0.1) is 17.1 Å². The summed E-state index contributed by atoms with van der Waals surface area (Å²) in [5.41, 5.74) is 6.15. The van der Waals surface area contributed by atoms with Crippen LogP contribution in [0.15, 0.2) is 48.7 Å². The summed E-state index contributed by atoms with van der Waals surface area (Å²) < 4.78 is 1.79. The molecular weight excluding hydrogens is 338 g/mol. The second kappa shape index (κ2) is 6.26. The van der Waals surface area contributed by atoms with E-state index in [1.54, 1.807) is 16.8 Å². The number of pyridine rings is 1. The van der Waals surface area contributed by atoms with Crippen LogP contribution in [0.25, 0.3) is 32.9 Å². The fraction of sp³-hybridized carbons (Fsp3) is 0.136. The number of aryl methyl sites for hydroxylation is 1. The van der Waals surface area contributed by atoms with Crippen molar-refractivity contribution in [2.45, 2.75) is 20.4 Å². The van der Waals surface area contributed by atoms with E-state index in [-0.39, 0.29) is 6.54 Å². The minimum Gasteiger partial charge on any atom is -0.480 e. The normalized spacial score (nSPS) is 11.0. The van der Waals surface area contributed by atoms with Gasteiger partial charge in [-0.15, -0.1) is 0 Å². The van der Waals surface area contributed by atoms with Gasteiger partial charge in [0.15, 0.2) is 0 Å². The third kappa shape index (κ3) is 2.63. The number of hydrogen-bond donors (Lipinski definition) is 1. The molecule has 0 amide bonds. The molecule has 1 N–H and O–H groups in total. The van der Waals surface area contributed by atoms with Crippen molar-refractivity contribution in [2.75, 3.05) is 0 Å². The number of fused-ring (bicyclic) bond motifs is 2. The monoisotopic (exact) mass is 355 g/mol. The molecule has 2 heterocycles. The first kappa shape index (κ1) is 16.8. The van der Waals surface area contributed by atoms with Crippen LogP contribution < -0.4 is 0 Å². The number of nitrogens with zero attached hydrogens (tertiary/aromatic N) is 3. The first-order chi connectivity index (χ1) is 13.0. The van der Waals surface area contributed by atoms with Gasteiger partial charge in [-0.3, -0.25) is 9.78 Å². The maximum atomic E-state index is 11.4. The number of para-hydroxylation sites is 1. The van der Waals surface area contributed by atoms with E-state index in [0.29, 0.717) is 5.56 Å². The Bertz CT molecular complexity index is 1260. The number of carboxylic acids is 1. The Hall–Kier alpha value is -3.65. The minimum absolute atomic E-state index is 0.129. The van der Waals surface area contributed by atoms with Crippen LogP contribution in [-0.4, -0.2) is 20.6 Å². The lowest BCUT2D eigenvalue weighted by Crippen LogP contribution is -2.09. The Morgan fingerprint density at radius 1 is 1.19 bits per heavy atom. The molecule has 5 heteroatoms. The smallest absolute Gasteiger partial charge is 0.323 e. The Kier molecular flexibility index (Phi) is 3.89. The van der Waals surface area contributed by atoms with Gasteiger partial charge in [0, 0.05) is 33.7 Å². The second-order valence-corrected chi connectivity index (χ2v) is 6.61. The van der Waals surface area contributed by atoms with E-state index < -0.39 is 5.97 Å². The number of carboxylic acid groups (broad SMARTS) is 1. The zero-order valence-electron chi connectivity index (χ0n) is 15.0. The Labute approximate surface area is 156 Å². The number of rotatable bonds is 3. The molecule has 0 atom stereocenters. The first-order valence-electron chi connectivity index (χ1n) is 8.60. The number of nitriles is 1. The van der Waals surface area contributed by atoms with Gasteiger partial charge in [-0.25, -0.2) is 0 Å². The van der Waals surface area contributed by atoms with Crippen molar-refractivity contribution in [3.63, 3.8) is 0 Å². The topological polar surface area (TPSA) is 78.9 Å². The van der Waals surface area contributed by atoms with Crippen LogP contribution >= 0.6 is 0 Å². The third-order valence-electron chi connectivity index (χ3n) is 4.99. The molecule has 0 aliphatic carbocycles. The molecule has 2 aromatic carbocycles. The Balaban J connectivity index is 2.14. The summed E-state index contributed by atoms with van der Waals surface area (Å²) in [6.07, 6.45) is 1.78. The molecule has 0 radical (unpaired) electrons. The molecule has 5 nitrogen and oxygen atoms in total. The molecular formula is C22H17N3O2. The fourth-order valence-corrected chi connectivity index (χ4v) is 3.77. The summed E-state index contributed by atoms with van der Waals surface area (Å²) in [5.74, 6) is -0.902. The van der Waals surface area contributed by atoms with Crippen LogP contribution in [0.1, 0.15) is 16.8 Å². The van der Waals surface area contributed by atoms with E-state index in [0.717, 1.165) is 44.2 Å². The van der Waals surface area contributed by atoms with Crippen molar-refractivity contribution in [2.24, 2.45) is 0 Å². The summed E-state index contributed by atoms with van der Waals surface area (Å²) in [5, 5.41) is 20.6. The summed E-state index contributed by atoms with van der Waals surface area (Å²) in [6, 6.07) is 15.5. The zero-order valence-corrected chi connectivity index (χ0v) is 15.0. The van der Waals surface area contributed by atoms with Crippen molar-refractivity contribution in [3.05, 3.63) is 65.5 Å². The molecule has 0 saturated heterocycles. The van der Waals surface area contributed by atoms with Crippen LogP contribution in [0, 0.1) is 25.2 Å². The molecule has 0 saturated carbocycles. The standard InChI is InChI=1S/C22H17N3O2/c1-13-4-3-5-17-16(8-9-24-22(13)17)21-14(2)25(12-20(26)27)19-7-6-15(11-23)10-18(19)21/h3-10H,12H2,1-2H3,(H,26,27). The fourth-order valence-electron chi connectivity index (χ4n) is 3.77. The van der Waals surface area contributed by atoms with Crippen molar-refractivity contribution in [1.82, 2.24) is 9.55 Å².